The monoisotopic (exact) mass is 390 g/mol. The third-order valence-electron chi connectivity index (χ3n) is 4.86. The van der Waals surface area contributed by atoms with E-state index in [-0.39, 0.29) is 12.5 Å². The van der Waals surface area contributed by atoms with Crippen molar-refractivity contribution in [3.63, 3.8) is 0 Å². The quantitative estimate of drug-likeness (QED) is 0.381. The topological polar surface area (TPSA) is 50.4 Å². The highest BCUT2D eigenvalue weighted by molar-refractivity contribution is 5.98. The van der Waals surface area contributed by atoms with Gasteiger partial charge in [0.25, 0.3) is 0 Å². The van der Waals surface area contributed by atoms with Crippen LogP contribution in [0.4, 0.5) is 11.4 Å². The van der Waals surface area contributed by atoms with Gasteiger partial charge in [-0.05, 0) is 30.0 Å². The molecule has 0 radical (unpaired) electrons. The summed E-state index contributed by atoms with van der Waals surface area (Å²) in [5.74, 6) is 0.704. The van der Waals surface area contributed by atoms with Crippen LogP contribution in [0.15, 0.2) is 66.7 Å². The molecule has 0 fully saturated rings. The molecule has 0 aliphatic heterocycles. The molecule has 0 unspecified atom stereocenters. The normalized spacial score (nSPS) is 10.7. The van der Waals surface area contributed by atoms with E-state index in [0.29, 0.717) is 6.61 Å². The zero-order valence-electron chi connectivity index (χ0n) is 17.1. The molecular weight excluding hydrogens is 360 g/mol. The van der Waals surface area contributed by atoms with Crippen molar-refractivity contribution in [1.29, 1.82) is 0 Å². The summed E-state index contributed by atoms with van der Waals surface area (Å²) in [6.07, 6.45) is 6.06. The number of unbranched alkanes of at least 4 members (excludes halogenated alkanes) is 4. The first-order chi connectivity index (χ1) is 14.3. The minimum Gasteiger partial charge on any atom is -0.494 e. The van der Waals surface area contributed by atoms with Crippen molar-refractivity contribution in [2.24, 2.45) is 0 Å². The highest BCUT2D eigenvalue weighted by atomic mass is 16.5. The summed E-state index contributed by atoms with van der Waals surface area (Å²) in [5, 5.41) is 8.43. The molecule has 4 heteroatoms. The maximum Gasteiger partial charge on any atom is 0.243 e. The smallest absolute Gasteiger partial charge is 0.243 e. The van der Waals surface area contributed by atoms with Crippen LogP contribution in [-0.4, -0.2) is 19.1 Å². The number of carbonyl (C=O) groups excluding carboxylic acids is 1. The fraction of sp³-hybridized carbons (Fsp3) is 0.320. The second kappa shape index (κ2) is 11.1. The van der Waals surface area contributed by atoms with Gasteiger partial charge in [-0.25, -0.2) is 0 Å². The number of rotatable bonds is 11. The average molecular weight is 391 g/mol. The molecule has 3 aromatic rings. The van der Waals surface area contributed by atoms with Crippen LogP contribution in [-0.2, 0) is 4.79 Å². The molecule has 152 valence electrons. The van der Waals surface area contributed by atoms with E-state index in [0.717, 1.165) is 34.3 Å². The maximum absolute atomic E-state index is 12.4. The summed E-state index contributed by atoms with van der Waals surface area (Å²) < 4.78 is 5.82. The Balaban J connectivity index is 1.48. The number of carbonyl (C=O) groups is 1. The van der Waals surface area contributed by atoms with E-state index in [1.807, 2.05) is 48.5 Å². The molecule has 4 nitrogen and oxygen atoms in total. The van der Waals surface area contributed by atoms with Crippen LogP contribution >= 0.6 is 0 Å². The average Bonchev–Trinajstić information content (AvgIpc) is 2.75. The predicted octanol–water partition coefficient (Wildman–Crippen LogP) is 6.24. The fourth-order valence-electron chi connectivity index (χ4n) is 3.32. The zero-order valence-corrected chi connectivity index (χ0v) is 17.1. The number of anilines is 2. The van der Waals surface area contributed by atoms with E-state index >= 15 is 0 Å². The largest absolute Gasteiger partial charge is 0.494 e. The van der Waals surface area contributed by atoms with E-state index in [2.05, 4.69) is 35.8 Å². The van der Waals surface area contributed by atoms with E-state index in [4.69, 9.17) is 4.74 Å². The molecule has 0 spiro atoms. The lowest BCUT2D eigenvalue weighted by Crippen LogP contribution is -2.21. The molecule has 0 aliphatic carbocycles. The molecule has 3 aromatic carbocycles. The molecule has 0 saturated carbocycles. The molecule has 1 amide bonds. The Hall–Kier alpha value is -3.01. The van der Waals surface area contributed by atoms with Gasteiger partial charge in [0.1, 0.15) is 5.75 Å². The van der Waals surface area contributed by atoms with Gasteiger partial charge in [0.15, 0.2) is 0 Å². The number of amides is 1. The SMILES string of the molecule is CCCCCCCOc1cccc(NC(=O)CNc2cccc3ccccc23)c1. The minimum atomic E-state index is -0.0883. The Kier molecular flexibility index (Phi) is 7.93. The van der Waals surface area contributed by atoms with E-state index in [1.54, 1.807) is 0 Å². The molecule has 0 aromatic heterocycles. The van der Waals surface area contributed by atoms with E-state index < -0.39 is 0 Å². The number of fused-ring (bicyclic) bond motifs is 1. The van der Waals surface area contributed by atoms with Crippen LogP contribution in [0.1, 0.15) is 39.0 Å². The van der Waals surface area contributed by atoms with E-state index in [9.17, 15) is 4.79 Å². The molecule has 29 heavy (non-hydrogen) atoms. The third kappa shape index (κ3) is 6.53. The molecule has 0 atom stereocenters. The van der Waals surface area contributed by atoms with Gasteiger partial charge in [0.05, 0.1) is 13.2 Å². The molecule has 3 rings (SSSR count). The lowest BCUT2D eigenvalue weighted by Gasteiger charge is -2.11. The summed E-state index contributed by atoms with van der Waals surface area (Å²) in [6, 6.07) is 21.8. The van der Waals surface area contributed by atoms with Crippen LogP contribution in [0.25, 0.3) is 10.8 Å². The van der Waals surface area contributed by atoms with Gasteiger partial charge in [0.2, 0.25) is 5.91 Å². The Labute approximate surface area is 173 Å². The summed E-state index contributed by atoms with van der Waals surface area (Å²) in [7, 11) is 0. The lowest BCUT2D eigenvalue weighted by atomic mass is 10.1. The summed E-state index contributed by atoms with van der Waals surface area (Å²) in [4.78, 5) is 12.4. The highest BCUT2D eigenvalue weighted by Crippen LogP contribution is 2.23. The van der Waals surface area contributed by atoms with Crippen molar-refractivity contribution in [2.45, 2.75) is 39.0 Å². The standard InChI is InChI=1S/C25H30N2O2/c1-2-3-4-5-8-17-29-22-14-10-13-21(18-22)27-25(28)19-26-24-16-9-12-20-11-6-7-15-23(20)24/h6-7,9-16,18,26H,2-5,8,17,19H2,1H3,(H,27,28). The fourth-order valence-corrected chi connectivity index (χ4v) is 3.32. The Morgan fingerprint density at radius 1 is 0.897 bits per heavy atom. The predicted molar refractivity (Wildman–Crippen MR) is 122 cm³/mol. The van der Waals surface area contributed by atoms with Crippen molar-refractivity contribution in [3.8, 4) is 5.75 Å². The van der Waals surface area contributed by atoms with Crippen molar-refractivity contribution in [3.05, 3.63) is 66.7 Å². The van der Waals surface area contributed by atoms with Crippen LogP contribution < -0.4 is 15.4 Å². The van der Waals surface area contributed by atoms with Crippen molar-refractivity contribution < 1.29 is 9.53 Å². The minimum absolute atomic E-state index is 0.0883. The second-order valence-corrected chi connectivity index (χ2v) is 7.22. The molecule has 2 N–H and O–H groups in total. The first-order valence-electron chi connectivity index (χ1n) is 10.5. The molecule has 0 heterocycles. The first kappa shape index (κ1) is 20.7. The molecule has 0 aliphatic rings. The van der Waals surface area contributed by atoms with Gasteiger partial charge < -0.3 is 15.4 Å². The van der Waals surface area contributed by atoms with Crippen LogP contribution in [0.2, 0.25) is 0 Å². The zero-order chi connectivity index (χ0) is 20.3. The number of ether oxygens (including phenoxy) is 1. The molecular formula is C25H30N2O2. The third-order valence-corrected chi connectivity index (χ3v) is 4.86. The van der Waals surface area contributed by atoms with Crippen molar-refractivity contribution in [1.82, 2.24) is 0 Å². The number of hydrogen-bond acceptors (Lipinski definition) is 3. The van der Waals surface area contributed by atoms with Gasteiger partial charge in [-0.1, -0.05) is 75.1 Å². The summed E-state index contributed by atoms with van der Waals surface area (Å²) >= 11 is 0. The van der Waals surface area contributed by atoms with Crippen molar-refractivity contribution in [2.75, 3.05) is 23.8 Å². The van der Waals surface area contributed by atoms with E-state index in [1.165, 1.54) is 25.7 Å². The van der Waals surface area contributed by atoms with Gasteiger partial charge >= 0.3 is 0 Å². The Bertz CT molecular complexity index is 918. The first-order valence-corrected chi connectivity index (χ1v) is 10.5. The van der Waals surface area contributed by atoms with Crippen LogP contribution in [0.3, 0.4) is 0 Å². The van der Waals surface area contributed by atoms with Crippen LogP contribution in [0, 0.1) is 0 Å². The summed E-state index contributed by atoms with van der Waals surface area (Å²) in [5.41, 5.74) is 1.71. The van der Waals surface area contributed by atoms with Crippen molar-refractivity contribution >= 4 is 28.1 Å². The van der Waals surface area contributed by atoms with Crippen LogP contribution in [0.5, 0.6) is 5.75 Å². The molecule has 0 saturated heterocycles. The van der Waals surface area contributed by atoms with Gasteiger partial charge in [0, 0.05) is 22.8 Å². The maximum atomic E-state index is 12.4. The van der Waals surface area contributed by atoms with Gasteiger partial charge in [-0.2, -0.15) is 0 Å². The Morgan fingerprint density at radius 3 is 2.59 bits per heavy atom. The number of benzene rings is 3. The second-order valence-electron chi connectivity index (χ2n) is 7.22. The van der Waals surface area contributed by atoms with Gasteiger partial charge in [-0.15, -0.1) is 0 Å². The Morgan fingerprint density at radius 2 is 1.69 bits per heavy atom. The molecule has 0 bridgehead atoms. The lowest BCUT2D eigenvalue weighted by molar-refractivity contribution is -0.114. The summed E-state index contributed by atoms with van der Waals surface area (Å²) in [6.45, 7) is 3.13. The number of hydrogen-bond donors (Lipinski definition) is 2. The van der Waals surface area contributed by atoms with Gasteiger partial charge in [-0.3, -0.25) is 4.79 Å². The number of nitrogens with one attached hydrogen (secondary N) is 2. The highest BCUT2D eigenvalue weighted by Gasteiger charge is 2.05.